The Morgan fingerprint density at radius 1 is 1.24 bits per heavy atom. The maximum atomic E-state index is 12.4. The Hall–Kier alpha value is -1.60. The molecule has 1 aromatic carbocycles. The molecular weight excluding hydrogens is 340 g/mol. The van der Waals surface area contributed by atoms with E-state index in [2.05, 4.69) is 4.72 Å². The number of hydrogen-bond acceptors (Lipinski definition) is 4. The van der Waals surface area contributed by atoms with Gasteiger partial charge in [-0.1, -0.05) is 25.1 Å². The van der Waals surface area contributed by atoms with Crippen LogP contribution in [-0.4, -0.2) is 50.7 Å². The fourth-order valence-corrected chi connectivity index (χ4v) is 4.48. The van der Waals surface area contributed by atoms with E-state index in [1.54, 1.807) is 4.90 Å². The van der Waals surface area contributed by atoms with Crippen LogP contribution in [0.15, 0.2) is 18.2 Å². The van der Waals surface area contributed by atoms with Crippen molar-refractivity contribution in [2.75, 3.05) is 25.4 Å². The maximum absolute atomic E-state index is 12.4. The number of piperidine rings is 1. The third kappa shape index (κ3) is 5.71. The van der Waals surface area contributed by atoms with E-state index in [1.807, 2.05) is 39.0 Å². The topological polar surface area (TPSA) is 75.7 Å². The molecule has 0 atom stereocenters. The van der Waals surface area contributed by atoms with E-state index in [0.717, 1.165) is 16.9 Å². The molecule has 1 fully saturated rings. The van der Waals surface area contributed by atoms with Gasteiger partial charge in [0.05, 0.1) is 5.75 Å². The maximum Gasteiger partial charge on any atom is 0.260 e. The molecule has 7 heteroatoms. The molecule has 2 rings (SSSR count). The lowest BCUT2D eigenvalue weighted by Crippen LogP contribution is -2.48. The summed E-state index contributed by atoms with van der Waals surface area (Å²) < 4.78 is 32.1. The smallest absolute Gasteiger partial charge is 0.260 e. The number of sulfonamides is 1. The van der Waals surface area contributed by atoms with Crippen molar-refractivity contribution in [1.82, 2.24) is 9.62 Å². The van der Waals surface area contributed by atoms with Gasteiger partial charge in [0.25, 0.3) is 5.91 Å². The number of aryl methyl sites for hydroxylation is 2. The number of likely N-dealkylation sites (tertiary alicyclic amines) is 1. The predicted molar refractivity (Wildman–Crippen MR) is 98.2 cm³/mol. The molecule has 6 nitrogen and oxygen atoms in total. The second-order valence-corrected chi connectivity index (χ2v) is 8.47. The van der Waals surface area contributed by atoms with Gasteiger partial charge in [-0.05, 0) is 44.2 Å². The number of para-hydroxylation sites is 1. The van der Waals surface area contributed by atoms with Crippen LogP contribution in [0.3, 0.4) is 0 Å². The highest BCUT2D eigenvalue weighted by molar-refractivity contribution is 7.89. The molecule has 1 aliphatic heterocycles. The van der Waals surface area contributed by atoms with Crippen LogP contribution in [0.25, 0.3) is 0 Å². The molecule has 1 saturated heterocycles. The molecule has 1 heterocycles. The number of rotatable bonds is 7. The lowest BCUT2D eigenvalue weighted by Gasteiger charge is -2.32. The number of nitrogens with one attached hydrogen (secondary N) is 1. The molecule has 1 amide bonds. The fraction of sp³-hybridized carbons (Fsp3) is 0.611. The lowest BCUT2D eigenvalue weighted by molar-refractivity contribution is -0.134. The number of benzene rings is 1. The molecule has 0 aliphatic carbocycles. The standard InChI is InChI=1S/C18H28N2O4S/c1-4-12-25(22,23)19-16-8-10-20(11-9-16)17(21)13-24-18-14(2)6-5-7-15(18)3/h5-7,16,19H,4,8-13H2,1-3H3. The van der Waals surface area contributed by atoms with Gasteiger partial charge < -0.3 is 9.64 Å². The normalized spacial score (nSPS) is 16.0. The zero-order valence-corrected chi connectivity index (χ0v) is 16.1. The molecule has 0 aromatic heterocycles. The number of nitrogens with zero attached hydrogens (tertiary/aromatic N) is 1. The molecule has 1 aliphatic rings. The first-order valence-electron chi connectivity index (χ1n) is 8.79. The largest absolute Gasteiger partial charge is 0.483 e. The Bertz CT molecular complexity index is 675. The van der Waals surface area contributed by atoms with Gasteiger partial charge in [-0.2, -0.15) is 0 Å². The van der Waals surface area contributed by atoms with E-state index < -0.39 is 10.0 Å². The Morgan fingerprint density at radius 2 is 1.84 bits per heavy atom. The molecule has 0 spiro atoms. The van der Waals surface area contributed by atoms with E-state index in [9.17, 15) is 13.2 Å². The first-order chi connectivity index (χ1) is 11.8. The summed E-state index contributed by atoms with van der Waals surface area (Å²) in [7, 11) is -3.20. The summed E-state index contributed by atoms with van der Waals surface area (Å²) >= 11 is 0. The summed E-state index contributed by atoms with van der Waals surface area (Å²) in [4.78, 5) is 14.1. The molecule has 1 aromatic rings. The van der Waals surface area contributed by atoms with Gasteiger partial charge in [-0.3, -0.25) is 4.79 Å². The second kappa shape index (κ2) is 8.67. The minimum absolute atomic E-state index is 0.0118. The van der Waals surface area contributed by atoms with Gasteiger partial charge in [-0.15, -0.1) is 0 Å². The minimum Gasteiger partial charge on any atom is -0.483 e. The molecular formula is C18H28N2O4S. The van der Waals surface area contributed by atoms with Crippen LogP contribution in [0.4, 0.5) is 0 Å². The average molecular weight is 368 g/mol. The first-order valence-corrected chi connectivity index (χ1v) is 10.4. The van der Waals surface area contributed by atoms with E-state index in [0.29, 0.717) is 32.4 Å². The van der Waals surface area contributed by atoms with Gasteiger partial charge >= 0.3 is 0 Å². The van der Waals surface area contributed by atoms with Crippen molar-refractivity contribution in [3.63, 3.8) is 0 Å². The van der Waals surface area contributed by atoms with Gasteiger partial charge in [0.15, 0.2) is 6.61 Å². The summed E-state index contributed by atoms with van der Waals surface area (Å²) in [6.45, 7) is 6.87. The van der Waals surface area contributed by atoms with Crippen molar-refractivity contribution < 1.29 is 17.9 Å². The molecule has 1 N–H and O–H groups in total. The van der Waals surface area contributed by atoms with Crippen LogP contribution in [0, 0.1) is 13.8 Å². The molecule has 0 bridgehead atoms. The van der Waals surface area contributed by atoms with Gasteiger partial charge in [0.2, 0.25) is 10.0 Å². The number of carbonyl (C=O) groups is 1. The Kier molecular flexibility index (Phi) is 6.84. The van der Waals surface area contributed by atoms with Crippen LogP contribution in [0.1, 0.15) is 37.3 Å². The second-order valence-electron chi connectivity index (χ2n) is 6.60. The van der Waals surface area contributed by atoms with Gasteiger partial charge in [-0.25, -0.2) is 13.1 Å². The molecule has 0 radical (unpaired) electrons. The van der Waals surface area contributed by atoms with E-state index >= 15 is 0 Å². The lowest BCUT2D eigenvalue weighted by atomic mass is 10.1. The Balaban J connectivity index is 1.81. The third-order valence-electron chi connectivity index (χ3n) is 4.42. The molecule has 140 valence electrons. The van der Waals surface area contributed by atoms with Crippen LogP contribution in [0.2, 0.25) is 0 Å². The monoisotopic (exact) mass is 368 g/mol. The summed E-state index contributed by atoms with van der Waals surface area (Å²) in [5, 5.41) is 0. The zero-order chi connectivity index (χ0) is 18.4. The average Bonchev–Trinajstić information content (AvgIpc) is 2.54. The third-order valence-corrected chi connectivity index (χ3v) is 6.05. The van der Waals surface area contributed by atoms with E-state index in [-0.39, 0.29) is 24.3 Å². The minimum atomic E-state index is -3.20. The van der Waals surface area contributed by atoms with Crippen molar-refractivity contribution in [3.05, 3.63) is 29.3 Å². The van der Waals surface area contributed by atoms with Crippen LogP contribution in [0.5, 0.6) is 5.75 Å². The molecule has 0 unspecified atom stereocenters. The fourth-order valence-electron chi connectivity index (χ4n) is 3.08. The Morgan fingerprint density at radius 3 is 2.40 bits per heavy atom. The molecule has 0 saturated carbocycles. The van der Waals surface area contributed by atoms with Crippen LogP contribution < -0.4 is 9.46 Å². The van der Waals surface area contributed by atoms with Crippen molar-refractivity contribution in [2.24, 2.45) is 0 Å². The van der Waals surface area contributed by atoms with Crippen LogP contribution in [-0.2, 0) is 14.8 Å². The van der Waals surface area contributed by atoms with E-state index in [1.165, 1.54) is 0 Å². The Labute approximate surface area is 150 Å². The zero-order valence-electron chi connectivity index (χ0n) is 15.2. The first kappa shape index (κ1) is 19.7. The van der Waals surface area contributed by atoms with Gasteiger partial charge in [0.1, 0.15) is 5.75 Å². The van der Waals surface area contributed by atoms with Crippen molar-refractivity contribution in [2.45, 2.75) is 46.1 Å². The number of ether oxygens (including phenoxy) is 1. The summed E-state index contributed by atoms with van der Waals surface area (Å²) in [6, 6.07) is 5.80. The summed E-state index contributed by atoms with van der Waals surface area (Å²) in [5.41, 5.74) is 2.02. The number of carbonyl (C=O) groups excluding carboxylic acids is 1. The van der Waals surface area contributed by atoms with Crippen molar-refractivity contribution in [3.8, 4) is 5.75 Å². The van der Waals surface area contributed by atoms with Crippen LogP contribution >= 0.6 is 0 Å². The summed E-state index contributed by atoms with van der Waals surface area (Å²) in [6.07, 6.45) is 1.87. The quantitative estimate of drug-likeness (QED) is 0.799. The van der Waals surface area contributed by atoms with Crippen molar-refractivity contribution >= 4 is 15.9 Å². The van der Waals surface area contributed by atoms with E-state index in [4.69, 9.17) is 4.74 Å². The number of hydrogen-bond donors (Lipinski definition) is 1. The highest BCUT2D eigenvalue weighted by Gasteiger charge is 2.25. The van der Waals surface area contributed by atoms with Gasteiger partial charge in [0, 0.05) is 19.1 Å². The summed E-state index contributed by atoms with van der Waals surface area (Å²) in [5.74, 6) is 0.853. The SMILES string of the molecule is CCCS(=O)(=O)NC1CCN(C(=O)COc2c(C)cccc2C)CC1. The van der Waals surface area contributed by atoms with Crippen molar-refractivity contribution in [1.29, 1.82) is 0 Å². The molecule has 25 heavy (non-hydrogen) atoms. The predicted octanol–water partition coefficient (Wildman–Crippen LogP) is 2.00. The highest BCUT2D eigenvalue weighted by atomic mass is 32.2. The highest BCUT2D eigenvalue weighted by Crippen LogP contribution is 2.22. The number of amides is 1.